The van der Waals surface area contributed by atoms with Gasteiger partial charge in [0.25, 0.3) is 5.56 Å². The van der Waals surface area contributed by atoms with Crippen LogP contribution in [0.1, 0.15) is 57.2 Å². The quantitative estimate of drug-likeness (QED) is 0.848. The third-order valence-electron chi connectivity index (χ3n) is 5.12. The Labute approximate surface area is 157 Å². The molecular weight excluding hydrogens is 359 g/mol. The summed E-state index contributed by atoms with van der Waals surface area (Å²) < 4.78 is 39.8. The van der Waals surface area contributed by atoms with Crippen molar-refractivity contribution in [3.05, 3.63) is 33.7 Å². The second-order valence-electron chi connectivity index (χ2n) is 7.25. The van der Waals surface area contributed by atoms with Crippen LogP contribution in [0.25, 0.3) is 0 Å². The summed E-state index contributed by atoms with van der Waals surface area (Å²) in [5, 5.41) is 0. The van der Waals surface area contributed by atoms with E-state index in [0.29, 0.717) is 25.5 Å². The number of hydrogen-bond donors (Lipinski definition) is 1. The van der Waals surface area contributed by atoms with Crippen molar-refractivity contribution in [2.75, 3.05) is 6.54 Å². The molecule has 1 aliphatic heterocycles. The smallest absolute Gasteiger partial charge is 0.335 e. The van der Waals surface area contributed by atoms with Crippen molar-refractivity contribution < 1.29 is 18.0 Å². The van der Waals surface area contributed by atoms with Gasteiger partial charge in [0, 0.05) is 36.8 Å². The molecule has 0 radical (unpaired) electrons. The molecule has 3 rings (SSSR count). The minimum absolute atomic E-state index is 0.0143. The van der Waals surface area contributed by atoms with E-state index >= 15 is 0 Å². The van der Waals surface area contributed by atoms with Gasteiger partial charge in [-0.3, -0.25) is 9.59 Å². The molecule has 0 saturated heterocycles. The fourth-order valence-electron chi connectivity index (χ4n) is 3.38. The Morgan fingerprint density at radius 2 is 1.85 bits per heavy atom. The fraction of sp³-hybridized carbons (Fsp3) is 0.684. The largest absolute Gasteiger partial charge is 0.416 e. The van der Waals surface area contributed by atoms with Crippen LogP contribution in [-0.4, -0.2) is 28.0 Å². The number of halogens is 3. The monoisotopic (exact) mass is 387 g/mol. The molecule has 1 amide bonds. The van der Waals surface area contributed by atoms with Crippen molar-refractivity contribution in [3.63, 3.8) is 0 Å². The van der Waals surface area contributed by atoms with E-state index < -0.39 is 17.3 Å². The van der Waals surface area contributed by atoms with Crippen LogP contribution < -0.4 is 11.3 Å². The Morgan fingerprint density at radius 1 is 1.19 bits per heavy atom. The Kier molecular flexibility index (Phi) is 7.08. The lowest BCUT2D eigenvalue weighted by molar-refractivity contribution is -0.138. The molecule has 152 valence electrons. The summed E-state index contributed by atoms with van der Waals surface area (Å²) >= 11 is 0. The van der Waals surface area contributed by atoms with Gasteiger partial charge in [-0.25, -0.2) is 0 Å². The van der Waals surface area contributed by atoms with E-state index in [-0.39, 0.29) is 36.7 Å². The predicted molar refractivity (Wildman–Crippen MR) is 97.0 cm³/mol. The van der Waals surface area contributed by atoms with E-state index in [1.54, 1.807) is 0 Å². The average molecular weight is 387 g/mol. The highest BCUT2D eigenvalue weighted by Gasteiger charge is 2.35. The van der Waals surface area contributed by atoms with Crippen LogP contribution in [0.2, 0.25) is 0 Å². The van der Waals surface area contributed by atoms with Crippen LogP contribution >= 0.6 is 0 Å². The Hall–Kier alpha value is -1.83. The van der Waals surface area contributed by atoms with Crippen LogP contribution in [0.5, 0.6) is 0 Å². The van der Waals surface area contributed by atoms with Gasteiger partial charge in [0.15, 0.2) is 0 Å². The fourth-order valence-corrected chi connectivity index (χ4v) is 3.38. The minimum Gasteiger partial charge on any atom is -0.335 e. The lowest BCUT2D eigenvalue weighted by Gasteiger charge is -2.32. The molecule has 2 N–H and O–H groups in total. The number of nitrogens with zero attached hydrogens (tertiary/aromatic N) is 2. The highest BCUT2D eigenvalue weighted by atomic mass is 19.4. The highest BCUT2D eigenvalue weighted by Crippen LogP contribution is 2.30. The van der Waals surface area contributed by atoms with Gasteiger partial charge < -0.3 is 15.2 Å². The summed E-state index contributed by atoms with van der Waals surface area (Å²) in [6.45, 7) is 4.95. The van der Waals surface area contributed by atoms with Crippen LogP contribution in [0.4, 0.5) is 13.2 Å². The highest BCUT2D eigenvalue weighted by molar-refractivity contribution is 5.79. The van der Waals surface area contributed by atoms with E-state index in [0.717, 1.165) is 12.5 Å². The second kappa shape index (κ2) is 8.91. The second-order valence-corrected chi connectivity index (χ2v) is 7.25. The van der Waals surface area contributed by atoms with Crippen molar-refractivity contribution in [3.8, 4) is 0 Å². The normalized spacial score (nSPS) is 22.1. The molecule has 2 atom stereocenters. The first-order valence-electron chi connectivity index (χ1n) is 9.52. The molecule has 8 heteroatoms. The first-order chi connectivity index (χ1) is 12.7. The van der Waals surface area contributed by atoms with Gasteiger partial charge in [0.1, 0.15) is 0 Å². The number of aromatic nitrogens is 1. The summed E-state index contributed by atoms with van der Waals surface area (Å²) in [6, 6.07) is 1.58. The third-order valence-corrected chi connectivity index (χ3v) is 5.12. The molecule has 0 spiro atoms. The summed E-state index contributed by atoms with van der Waals surface area (Å²) in [7, 11) is 0. The number of fused-ring (bicyclic) bond motifs is 1. The molecule has 1 aromatic rings. The maximum Gasteiger partial charge on any atom is 0.416 e. The van der Waals surface area contributed by atoms with Gasteiger partial charge in [-0.2, -0.15) is 13.2 Å². The maximum atomic E-state index is 12.8. The number of carbonyl (C=O) groups excluding carboxylic acids is 1. The molecule has 2 heterocycles. The minimum atomic E-state index is -4.57. The number of alkyl halides is 3. The van der Waals surface area contributed by atoms with Gasteiger partial charge in [-0.15, -0.1) is 0 Å². The first-order valence-corrected chi connectivity index (χ1v) is 9.52. The van der Waals surface area contributed by atoms with Gasteiger partial charge in [-0.05, 0) is 25.3 Å². The topological polar surface area (TPSA) is 68.3 Å². The summed E-state index contributed by atoms with van der Waals surface area (Å²) in [5.41, 5.74) is 4.40. The van der Waals surface area contributed by atoms with Crippen LogP contribution in [0.15, 0.2) is 16.9 Å². The molecule has 1 saturated carbocycles. The number of nitrogens with two attached hydrogens (primary N) is 1. The predicted octanol–water partition coefficient (Wildman–Crippen LogP) is 3.14. The van der Waals surface area contributed by atoms with Crippen LogP contribution in [-0.2, 0) is 24.1 Å². The molecule has 0 bridgehead atoms. The Bertz CT molecular complexity index is 713. The van der Waals surface area contributed by atoms with E-state index in [4.69, 9.17) is 5.73 Å². The zero-order chi connectivity index (χ0) is 20.2. The van der Waals surface area contributed by atoms with Crippen molar-refractivity contribution in [2.24, 2.45) is 11.7 Å². The number of carbonyl (C=O) groups is 1. The average Bonchev–Trinajstić information content (AvgIpc) is 3.06. The van der Waals surface area contributed by atoms with Crippen molar-refractivity contribution in [1.82, 2.24) is 9.47 Å². The summed E-state index contributed by atoms with van der Waals surface area (Å²) in [4.78, 5) is 25.9. The lowest BCUT2D eigenvalue weighted by atomic mass is 10.0. The first kappa shape index (κ1) is 21.5. The molecule has 2 aliphatic rings. The van der Waals surface area contributed by atoms with E-state index in [2.05, 4.69) is 13.8 Å². The molecule has 1 fully saturated rings. The summed E-state index contributed by atoms with van der Waals surface area (Å²) in [6.07, 6.45) is 0.189. The van der Waals surface area contributed by atoms with Crippen LogP contribution in [0, 0.1) is 5.92 Å². The number of unbranched alkanes of at least 4 members (excludes halogenated alkanes) is 1. The zero-order valence-corrected chi connectivity index (χ0v) is 15.9. The van der Waals surface area contributed by atoms with Gasteiger partial charge in [0.2, 0.25) is 5.91 Å². The van der Waals surface area contributed by atoms with E-state index in [1.165, 1.54) is 22.3 Å². The molecule has 27 heavy (non-hydrogen) atoms. The Balaban J connectivity index is 0.000000596. The number of hydrogen-bond acceptors (Lipinski definition) is 3. The zero-order valence-electron chi connectivity index (χ0n) is 15.9. The summed E-state index contributed by atoms with van der Waals surface area (Å²) in [5.74, 6) is -0.233. The number of rotatable bonds is 2. The van der Waals surface area contributed by atoms with E-state index in [9.17, 15) is 22.8 Å². The van der Waals surface area contributed by atoms with Gasteiger partial charge in [-0.1, -0.05) is 26.7 Å². The molecular formula is C19H28F3N3O2. The maximum absolute atomic E-state index is 12.8. The molecule has 1 aliphatic carbocycles. The van der Waals surface area contributed by atoms with E-state index in [1.807, 2.05) is 0 Å². The standard InChI is InChI=1S/C15H18F3N3O2.C4H10/c16-15(17,18)10-6-12-8-20(3-4-21(12)13(22)7-10)14(23)9-1-2-11(19)5-9;1-3-4-2/h6-7,9,11H,1-5,8,19H2;3-4H2,1-2H3/t9-,11+;/m0./s1. The van der Waals surface area contributed by atoms with Crippen molar-refractivity contribution in [1.29, 1.82) is 0 Å². The van der Waals surface area contributed by atoms with Crippen molar-refractivity contribution in [2.45, 2.75) is 71.3 Å². The molecule has 1 aromatic heterocycles. The molecule has 5 nitrogen and oxygen atoms in total. The SMILES string of the molecule is CCCC.N[C@@H]1CC[C@H](C(=O)N2CCn3c(cc(C(F)(F)F)cc3=O)C2)C1. The number of pyridine rings is 1. The van der Waals surface area contributed by atoms with Gasteiger partial charge >= 0.3 is 6.18 Å². The molecule has 0 aromatic carbocycles. The molecule has 0 unspecified atom stereocenters. The van der Waals surface area contributed by atoms with Crippen LogP contribution in [0.3, 0.4) is 0 Å². The number of amides is 1. The van der Waals surface area contributed by atoms with Crippen molar-refractivity contribution >= 4 is 5.91 Å². The third kappa shape index (κ3) is 5.34. The van der Waals surface area contributed by atoms with Gasteiger partial charge in [0.05, 0.1) is 12.1 Å². The Morgan fingerprint density at radius 3 is 2.37 bits per heavy atom. The lowest BCUT2D eigenvalue weighted by Crippen LogP contribution is -2.44.